The third kappa shape index (κ3) is 4.16. The summed E-state index contributed by atoms with van der Waals surface area (Å²) in [7, 11) is 1.56. The number of aromatic nitrogens is 2. The number of methoxy groups -OCH3 is 1. The van der Waals surface area contributed by atoms with Gasteiger partial charge in [0.05, 0.1) is 12.8 Å². The molecule has 26 heavy (non-hydrogen) atoms. The molecule has 0 bridgehead atoms. The van der Waals surface area contributed by atoms with Crippen molar-refractivity contribution in [3.63, 3.8) is 0 Å². The molecule has 0 fully saturated rings. The van der Waals surface area contributed by atoms with Crippen LogP contribution in [0.15, 0.2) is 60.7 Å². The first-order chi connectivity index (χ1) is 12.7. The summed E-state index contributed by atoms with van der Waals surface area (Å²) in [5.41, 5.74) is 3.22. The van der Waals surface area contributed by atoms with E-state index in [1.807, 2.05) is 24.3 Å². The van der Waals surface area contributed by atoms with Crippen LogP contribution in [0.5, 0.6) is 5.75 Å². The van der Waals surface area contributed by atoms with Crippen molar-refractivity contribution in [2.45, 2.75) is 13.5 Å². The van der Waals surface area contributed by atoms with Crippen molar-refractivity contribution in [2.24, 2.45) is 0 Å². The minimum atomic E-state index is -0.340. The molecule has 0 spiro atoms. The van der Waals surface area contributed by atoms with E-state index in [2.05, 4.69) is 39.9 Å². The number of carbonyl (C=O) groups is 1. The van der Waals surface area contributed by atoms with Gasteiger partial charge < -0.3 is 15.4 Å². The van der Waals surface area contributed by atoms with Crippen LogP contribution in [0.1, 0.15) is 21.6 Å². The van der Waals surface area contributed by atoms with Gasteiger partial charge in [0.2, 0.25) is 0 Å². The number of rotatable bonds is 6. The molecule has 2 aromatic carbocycles. The lowest BCUT2D eigenvalue weighted by Gasteiger charge is -2.10. The van der Waals surface area contributed by atoms with Crippen molar-refractivity contribution < 1.29 is 9.53 Å². The van der Waals surface area contributed by atoms with E-state index in [0.717, 1.165) is 0 Å². The number of carbonyl (C=O) groups excluding carboxylic acids is 1. The van der Waals surface area contributed by atoms with Crippen molar-refractivity contribution in [1.82, 2.24) is 10.2 Å². The van der Waals surface area contributed by atoms with Crippen LogP contribution in [-0.4, -0.2) is 23.2 Å². The standard InChI is InChI=1S/C20H20N4O2/c1-14-7-3-4-8-15(14)13-21-19-12-11-17(23-24-19)20(25)22-16-9-5-6-10-18(16)26-2/h3-12H,13H2,1-2H3,(H,21,24)(H,22,25). The van der Waals surface area contributed by atoms with Gasteiger partial charge >= 0.3 is 0 Å². The monoisotopic (exact) mass is 348 g/mol. The van der Waals surface area contributed by atoms with Crippen LogP contribution in [-0.2, 0) is 6.54 Å². The predicted octanol–water partition coefficient (Wildman–Crippen LogP) is 3.66. The lowest BCUT2D eigenvalue weighted by molar-refractivity contribution is 0.102. The molecule has 3 aromatic rings. The molecular formula is C20H20N4O2. The summed E-state index contributed by atoms with van der Waals surface area (Å²) in [6, 6.07) is 18.7. The second-order valence-corrected chi connectivity index (χ2v) is 5.74. The number of anilines is 2. The number of para-hydroxylation sites is 2. The molecule has 0 saturated carbocycles. The van der Waals surface area contributed by atoms with E-state index in [9.17, 15) is 4.79 Å². The summed E-state index contributed by atoms with van der Waals surface area (Å²) in [6.07, 6.45) is 0. The number of amides is 1. The lowest BCUT2D eigenvalue weighted by atomic mass is 10.1. The van der Waals surface area contributed by atoms with Crippen molar-refractivity contribution >= 4 is 17.4 Å². The lowest BCUT2D eigenvalue weighted by Crippen LogP contribution is -2.15. The first-order valence-corrected chi connectivity index (χ1v) is 8.24. The zero-order valence-corrected chi connectivity index (χ0v) is 14.7. The maximum absolute atomic E-state index is 12.3. The third-order valence-corrected chi connectivity index (χ3v) is 3.97. The molecule has 0 aliphatic rings. The van der Waals surface area contributed by atoms with Gasteiger partial charge in [0.25, 0.3) is 5.91 Å². The molecule has 1 amide bonds. The van der Waals surface area contributed by atoms with Gasteiger partial charge in [0.1, 0.15) is 11.6 Å². The van der Waals surface area contributed by atoms with Gasteiger partial charge in [-0.25, -0.2) is 0 Å². The summed E-state index contributed by atoms with van der Waals surface area (Å²) < 4.78 is 5.22. The molecule has 0 saturated heterocycles. The van der Waals surface area contributed by atoms with Gasteiger partial charge in [-0.1, -0.05) is 36.4 Å². The van der Waals surface area contributed by atoms with Crippen molar-refractivity contribution in [2.75, 3.05) is 17.7 Å². The Labute approximate surface area is 152 Å². The molecule has 132 valence electrons. The second kappa shape index (κ2) is 8.11. The van der Waals surface area contributed by atoms with E-state index in [0.29, 0.717) is 23.8 Å². The fourth-order valence-corrected chi connectivity index (χ4v) is 2.48. The number of nitrogens with zero attached hydrogens (tertiary/aromatic N) is 2. The molecule has 1 aromatic heterocycles. The fourth-order valence-electron chi connectivity index (χ4n) is 2.48. The Morgan fingerprint density at radius 3 is 2.50 bits per heavy atom. The zero-order valence-electron chi connectivity index (χ0n) is 14.7. The van der Waals surface area contributed by atoms with E-state index < -0.39 is 0 Å². The summed E-state index contributed by atoms with van der Waals surface area (Å²) in [5.74, 6) is 0.861. The van der Waals surface area contributed by atoms with Gasteiger partial charge in [-0.3, -0.25) is 4.79 Å². The number of ether oxygens (including phenoxy) is 1. The Balaban J connectivity index is 1.63. The van der Waals surface area contributed by atoms with Gasteiger partial charge in [-0.05, 0) is 42.3 Å². The maximum Gasteiger partial charge on any atom is 0.276 e. The predicted molar refractivity (Wildman–Crippen MR) is 101 cm³/mol. The first-order valence-electron chi connectivity index (χ1n) is 8.24. The van der Waals surface area contributed by atoms with Crippen LogP contribution in [0.2, 0.25) is 0 Å². The molecule has 6 heteroatoms. The number of hydrogen-bond donors (Lipinski definition) is 2. The van der Waals surface area contributed by atoms with Crippen LogP contribution in [0.4, 0.5) is 11.5 Å². The minimum Gasteiger partial charge on any atom is -0.495 e. The average molecular weight is 348 g/mol. The molecular weight excluding hydrogens is 328 g/mol. The van der Waals surface area contributed by atoms with Crippen molar-refractivity contribution in [3.05, 3.63) is 77.5 Å². The molecule has 0 unspecified atom stereocenters. The van der Waals surface area contributed by atoms with E-state index >= 15 is 0 Å². The van der Waals surface area contributed by atoms with Gasteiger partial charge in [-0.15, -0.1) is 10.2 Å². The molecule has 3 rings (SSSR count). The van der Waals surface area contributed by atoms with E-state index in [-0.39, 0.29) is 11.6 Å². The van der Waals surface area contributed by atoms with Gasteiger partial charge in [-0.2, -0.15) is 0 Å². The molecule has 0 aliphatic carbocycles. The van der Waals surface area contributed by atoms with Crippen LogP contribution in [0.25, 0.3) is 0 Å². The molecule has 0 aliphatic heterocycles. The fraction of sp³-hybridized carbons (Fsp3) is 0.150. The Kier molecular flexibility index (Phi) is 5.43. The highest BCUT2D eigenvalue weighted by atomic mass is 16.5. The SMILES string of the molecule is COc1ccccc1NC(=O)c1ccc(NCc2ccccc2C)nn1. The number of aryl methyl sites for hydroxylation is 1. The van der Waals surface area contributed by atoms with Crippen LogP contribution in [0.3, 0.4) is 0 Å². The second-order valence-electron chi connectivity index (χ2n) is 5.74. The summed E-state index contributed by atoms with van der Waals surface area (Å²) in [6.45, 7) is 2.71. The quantitative estimate of drug-likeness (QED) is 0.711. The highest BCUT2D eigenvalue weighted by Gasteiger charge is 2.11. The number of hydrogen-bond acceptors (Lipinski definition) is 5. The molecule has 1 heterocycles. The van der Waals surface area contributed by atoms with Crippen LogP contribution < -0.4 is 15.4 Å². The minimum absolute atomic E-state index is 0.234. The Morgan fingerprint density at radius 2 is 1.77 bits per heavy atom. The van der Waals surface area contributed by atoms with Crippen LogP contribution >= 0.6 is 0 Å². The van der Waals surface area contributed by atoms with E-state index in [1.54, 1.807) is 31.4 Å². The van der Waals surface area contributed by atoms with Gasteiger partial charge in [0, 0.05) is 6.54 Å². The van der Waals surface area contributed by atoms with E-state index in [4.69, 9.17) is 4.74 Å². The molecule has 2 N–H and O–H groups in total. The Hall–Kier alpha value is -3.41. The Morgan fingerprint density at radius 1 is 1.00 bits per heavy atom. The Bertz CT molecular complexity index is 894. The highest BCUT2D eigenvalue weighted by molar-refractivity contribution is 6.03. The number of nitrogens with one attached hydrogen (secondary N) is 2. The summed E-state index contributed by atoms with van der Waals surface area (Å²) >= 11 is 0. The molecule has 0 atom stereocenters. The largest absolute Gasteiger partial charge is 0.495 e. The summed E-state index contributed by atoms with van der Waals surface area (Å²) in [4.78, 5) is 12.3. The molecule has 0 radical (unpaired) electrons. The van der Waals surface area contributed by atoms with Crippen molar-refractivity contribution in [1.29, 1.82) is 0 Å². The van der Waals surface area contributed by atoms with E-state index in [1.165, 1.54) is 11.1 Å². The zero-order chi connectivity index (χ0) is 18.4. The normalized spacial score (nSPS) is 10.2. The molecule has 6 nitrogen and oxygen atoms in total. The topological polar surface area (TPSA) is 76.1 Å². The first kappa shape index (κ1) is 17.4. The average Bonchev–Trinajstić information content (AvgIpc) is 2.68. The summed E-state index contributed by atoms with van der Waals surface area (Å²) in [5, 5.41) is 14.1. The van der Waals surface area contributed by atoms with Crippen LogP contribution in [0, 0.1) is 6.92 Å². The van der Waals surface area contributed by atoms with Gasteiger partial charge in [0.15, 0.2) is 5.69 Å². The smallest absolute Gasteiger partial charge is 0.276 e. The third-order valence-electron chi connectivity index (χ3n) is 3.97. The highest BCUT2D eigenvalue weighted by Crippen LogP contribution is 2.23. The maximum atomic E-state index is 12.3. The van der Waals surface area contributed by atoms with Crippen molar-refractivity contribution in [3.8, 4) is 5.75 Å². The number of benzene rings is 2.